The molecule has 0 fully saturated rings. The second-order valence-electron chi connectivity index (χ2n) is 6.55. The molecular weight excluding hydrogens is 469 g/mol. The summed E-state index contributed by atoms with van der Waals surface area (Å²) < 4.78 is 0. The maximum atomic E-state index is 8.66. The standard InChI is InChI=1S/C3H10OSi.4C3H8O.Ta/c1-5(2,3)4;4*1-3(2)4;/h4H,1-3H3;4*3-4H,1-2H3;. The van der Waals surface area contributed by atoms with E-state index in [4.69, 9.17) is 25.2 Å². The number of hydrogen-bond acceptors (Lipinski definition) is 5. The van der Waals surface area contributed by atoms with Crippen LogP contribution in [0.2, 0.25) is 19.6 Å². The molecule has 0 bridgehead atoms. The minimum Gasteiger partial charge on any atom is -0.433 e. The van der Waals surface area contributed by atoms with Crippen LogP contribution in [0.4, 0.5) is 0 Å². The van der Waals surface area contributed by atoms with Gasteiger partial charge < -0.3 is 25.2 Å². The molecule has 0 heterocycles. The summed E-state index contributed by atoms with van der Waals surface area (Å²) >= 11 is 0. The Morgan fingerprint density at radius 3 is 0.500 bits per heavy atom. The average molecular weight is 512 g/mol. The van der Waals surface area contributed by atoms with E-state index in [1.165, 1.54) is 0 Å². The molecule has 0 saturated heterocycles. The Labute approximate surface area is 155 Å². The first-order chi connectivity index (χ1) is 8.93. The fraction of sp³-hybridized carbons (Fsp3) is 1.00. The predicted molar refractivity (Wildman–Crippen MR) is 95.0 cm³/mol. The van der Waals surface area contributed by atoms with E-state index in [2.05, 4.69) is 0 Å². The van der Waals surface area contributed by atoms with Gasteiger partial charge in [0.05, 0.1) is 0 Å². The molecule has 0 atom stereocenters. The van der Waals surface area contributed by atoms with E-state index in [1.807, 2.05) is 19.6 Å². The summed E-state index contributed by atoms with van der Waals surface area (Å²) in [6.07, 6.45) is -0.667. The smallest absolute Gasteiger partial charge is 0.179 e. The quantitative estimate of drug-likeness (QED) is 0.322. The van der Waals surface area contributed by atoms with Gasteiger partial charge in [0.1, 0.15) is 0 Å². The average Bonchev–Trinajstić information content (AvgIpc) is 1.91. The van der Waals surface area contributed by atoms with Gasteiger partial charge in [0, 0.05) is 46.8 Å². The Morgan fingerprint density at radius 1 is 0.500 bits per heavy atom. The molecule has 0 amide bonds. The molecule has 0 spiro atoms. The summed E-state index contributed by atoms with van der Waals surface area (Å²) in [4.78, 5) is 8.66. The van der Waals surface area contributed by atoms with Gasteiger partial charge in [0.2, 0.25) is 0 Å². The van der Waals surface area contributed by atoms with Crippen molar-refractivity contribution in [2.45, 2.75) is 99.4 Å². The van der Waals surface area contributed by atoms with E-state index in [0.29, 0.717) is 0 Å². The minimum atomic E-state index is -1.61. The maximum absolute atomic E-state index is 8.66. The molecule has 0 aliphatic carbocycles. The van der Waals surface area contributed by atoms with Gasteiger partial charge in [-0.2, -0.15) is 0 Å². The van der Waals surface area contributed by atoms with Crippen molar-refractivity contribution in [3.05, 3.63) is 0 Å². The fourth-order valence-electron chi connectivity index (χ4n) is 0. The van der Waals surface area contributed by atoms with Crippen molar-refractivity contribution in [3.8, 4) is 0 Å². The van der Waals surface area contributed by atoms with Crippen molar-refractivity contribution in [1.82, 2.24) is 0 Å². The molecule has 5 N–H and O–H groups in total. The Bertz CT molecular complexity index is 119. The van der Waals surface area contributed by atoms with E-state index in [1.54, 1.807) is 55.4 Å². The van der Waals surface area contributed by atoms with Gasteiger partial charge in [0.25, 0.3) is 0 Å². The monoisotopic (exact) mass is 511 g/mol. The normalized spacial score (nSPS) is 9.27. The second kappa shape index (κ2) is 26.6. The Morgan fingerprint density at radius 2 is 0.500 bits per heavy atom. The Balaban J connectivity index is -0.0000000361. The van der Waals surface area contributed by atoms with Gasteiger partial charge in [-0.3, -0.25) is 0 Å². The Kier molecular flexibility index (Phi) is 46.5. The zero-order valence-electron chi connectivity index (χ0n) is 16.5. The minimum absolute atomic E-state index is 0. The van der Waals surface area contributed by atoms with E-state index in [9.17, 15) is 0 Å². The van der Waals surface area contributed by atoms with Crippen LogP contribution in [-0.2, 0) is 22.4 Å². The summed E-state index contributed by atoms with van der Waals surface area (Å²) in [7, 11) is -1.61. The SMILES string of the molecule is CC(C)O.CC(C)O.CC(C)O.CC(C)O.C[Si](C)(C)O.[Ta]. The first-order valence-corrected chi connectivity index (χ1v) is 10.8. The van der Waals surface area contributed by atoms with Crippen molar-refractivity contribution in [2.75, 3.05) is 0 Å². The zero-order valence-corrected chi connectivity index (χ0v) is 20.7. The molecule has 0 saturated carbocycles. The van der Waals surface area contributed by atoms with Crippen LogP contribution in [-0.4, -0.2) is 58.0 Å². The van der Waals surface area contributed by atoms with Gasteiger partial charge in [-0.05, 0) is 75.0 Å². The summed E-state index contributed by atoms with van der Waals surface area (Å²) in [6.45, 7) is 19.4. The largest absolute Gasteiger partial charge is 0.433 e. The van der Waals surface area contributed by atoms with E-state index >= 15 is 0 Å². The molecule has 22 heavy (non-hydrogen) atoms. The molecule has 5 nitrogen and oxygen atoms in total. The van der Waals surface area contributed by atoms with Gasteiger partial charge >= 0.3 is 0 Å². The predicted octanol–water partition coefficient (Wildman–Crippen LogP) is 2.36. The van der Waals surface area contributed by atoms with Crippen LogP contribution in [0.15, 0.2) is 0 Å². The summed E-state index contributed by atoms with van der Waals surface area (Å²) in [6, 6.07) is 0. The van der Waals surface area contributed by atoms with Crippen molar-refractivity contribution in [2.24, 2.45) is 0 Å². The van der Waals surface area contributed by atoms with Crippen LogP contribution in [0.5, 0.6) is 0 Å². The molecule has 0 aromatic rings. The van der Waals surface area contributed by atoms with Gasteiger partial charge in [-0.25, -0.2) is 0 Å². The number of aliphatic hydroxyl groups excluding tert-OH is 4. The van der Waals surface area contributed by atoms with Crippen molar-refractivity contribution in [3.63, 3.8) is 0 Å². The summed E-state index contributed by atoms with van der Waals surface area (Å²) in [5, 5.41) is 32.2. The molecule has 7 heteroatoms. The van der Waals surface area contributed by atoms with Crippen molar-refractivity contribution in [1.29, 1.82) is 0 Å². The topological polar surface area (TPSA) is 101 Å². The van der Waals surface area contributed by atoms with Crippen LogP contribution in [0.25, 0.3) is 0 Å². The van der Waals surface area contributed by atoms with Crippen LogP contribution >= 0.6 is 0 Å². The molecule has 0 rings (SSSR count). The van der Waals surface area contributed by atoms with Gasteiger partial charge in [-0.1, -0.05) is 0 Å². The molecule has 0 aliphatic rings. The molecular formula is C15H42O5SiTa. The van der Waals surface area contributed by atoms with Crippen LogP contribution in [0, 0.1) is 0 Å². The van der Waals surface area contributed by atoms with Crippen molar-refractivity contribution < 1.29 is 47.6 Å². The molecule has 0 unspecified atom stereocenters. The van der Waals surface area contributed by atoms with Gasteiger partial charge in [-0.15, -0.1) is 0 Å². The number of aliphatic hydroxyl groups is 4. The first-order valence-electron chi connectivity index (χ1n) is 7.38. The zero-order chi connectivity index (χ0) is 18.8. The first kappa shape index (κ1) is 38.4. The third kappa shape index (κ3) is 14100. The molecule has 1 radical (unpaired) electrons. The number of rotatable bonds is 0. The van der Waals surface area contributed by atoms with Crippen LogP contribution in [0.1, 0.15) is 55.4 Å². The third-order valence-corrected chi connectivity index (χ3v) is 0. The molecule has 0 aliphatic heterocycles. The van der Waals surface area contributed by atoms with Crippen LogP contribution in [0.3, 0.4) is 0 Å². The third-order valence-electron chi connectivity index (χ3n) is 0. The van der Waals surface area contributed by atoms with E-state index < -0.39 is 8.32 Å². The van der Waals surface area contributed by atoms with E-state index in [-0.39, 0.29) is 46.8 Å². The number of hydrogen-bond donors (Lipinski definition) is 5. The second-order valence-corrected chi connectivity index (χ2v) is 10.9. The summed E-state index contributed by atoms with van der Waals surface area (Å²) in [5.41, 5.74) is 0. The fourth-order valence-corrected chi connectivity index (χ4v) is 0. The van der Waals surface area contributed by atoms with Crippen LogP contribution < -0.4 is 0 Å². The maximum Gasteiger partial charge on any atom is 0.179 e. The molecule has 141 valence electrons. The molecule has 0 aromatic heterocycles. The Hall–Kier alpha value is 0.757. The van der Waals surface area contributed by atoms with Crippen molar-refractivity contribution >= 4 is 8.32 Å². The summed E-state index contributed by atoms with van der Waals surface area (Å²) in [5.74, 6) is 0. The van der Waals surface area contributed by atoms with Gasteiger partial charge in [0.15, 0.2) is 8.32 Å². The molecule has 0 aromatic carbocycles. The van der Waals surface area contributed by atoms with E-state index in [0.717, 1.165) is 0 Å².